The van der Waals surface area contributed by atoms with Gasteiger partial charge in [0.1, 0.15) is 6.04 Å². The van der Waals surface area contributed by atoms with E-state index in [1.54, 1.807) is 34.1 Å². The van der Waals surface area contributed by atoms with Crippen LogP contribution in [0.3, 0.4) is 0 Å². The Morgan fingerprint density at radius 3 is 2.16 bits per heavy atom. The number of hydrogen-bond acceptors (Lipinski definition) is 4. The van der Waals surface area contributed by atoms with Crippen molar-refractivity contribution in [2.75, 3.05) is 26.2 Å². The molecule has 1 aromatic carbocycles. The number of benzene rings is 1. The van der Waals surface area contributed by atoms with Gasteiger partial charge < -0.3 is 15.1 Å². The average molecular weight is 462 g/mol. The van der Waals surface area contributed by atoms with Crippen LogP contribution in [0.2, 0.25) is 5.02 Å². The maximum Gasteiger partial charge on any atom is 0.264 e. The topological polar surface area (TPSA) is 69.7 Å². The number of carbonyl (C=O) groups is 3. The number of aryl methyl sites for hydroxylation is 1. The van der Waals surface area contributed by atoms with Crippen LogP contribution < -0.4 is 5.32 Å². The number of thiophene rings is 1. The first-order chi connectivity index (χ1) is 14.7. The Kier molecular flexibility index (Phi) is 7.73. The minimum Gasteiger partial charge on any atom is -0.340 e. The van der Waals surface area contributed by atoms with E-state index in [0.717, 1.165) is 9.75 Å². The van der Waals surface area contributed by atoms with Crippen molar-refractivity contribution in [3.05, 3.63) is 56.7 Å². The smallest absolute Gasteiger partial charge is 0.264 e. The molecule has 1 aliphatic heterocycles. The number of nitrogens with one attached hydrogen (secondary N) is 1. The molecule has 0 radical (unpaired) electrons. The maximum atomic E-state index is 13.2. The van der Waals surface area contributed by atoms with Crippen LogP contribution >= 0.6 is 22.9 Å². The molecule has 6 nitrogen and oxygen atoms in total. The van der Waals surface area contributed by atoms with Gasteiger partial charge in [-0.15, -0.1) is 11.3 Å². The summed E-state index contributed by atoms with van der Waals surface area (Å²) < 4.78 is 0. The Hall–Kier alpha value is -2.38. The fourth-order valence-electron chi connectivity index (χ4n) is 3.59. The van der Waals surface area contributed by atoms with Crippen LogP contribution in [-0.2, 0) is 4.79 Å². The molecule has 0 bridgehead atoms. The van der Waals surface area contributed by atoms with E-state index in [9.17, 15) is 14.4 Å². The van der Waals surface area contributed by atoms with Crippen molar-refractivity contribution in [1.29, 1.82) is 0 Å². The van der Waals surface area contributed by atoms with Gasteiger partial charge in [-0.05, 0) is 55.7 Å². The van der Waals surface area contributed by atoms with Crippen LogP contribution in [0, 0.1) is 12.8 Å². The molecule has 1 aliphatic rings. The first-order valence-electron chi connectivity index (χ1n) is 10.5. The molecule has 0 spiro atoms. The third-order valence-electron chi connectivity index (χ3n) is 5.25. The van der Waals surface area contributed by atoms with Crippen LogP contribution in [0.5, 0.6) is 0 Å². The van der Waals surface area contributed by atoms with Gasteiger partial charge in [-0.2, -0.15) is 0 Å². The monoisotopic (exact) mass is 461 g/mol. The largest absolute Gasteiger partial charge is 0.340 e. The van der Waals surface area contributed by atoms with Gasteiger partial charge >= 0.3 is 0 Å². The van der Waals surface area contributed by atoms with Crippen molar-refractivity contribution in [3.63, 3.8) is 0 Å². The lowest BCUT2D eigenvalue weighted by Crippen LogP contribution is -2.56. The molecule has 1 N–H and O–H groups in total. The van der Waals surface area contributed by atoms with Gasteiger partial charge in [0.05, 0.1) is 4.88 Å². The molecule has 3 rings (SSSR count). The highest BCUT2D eigenvalue weighted by Gasteiger charge is 2.31. The molecule has 2 aromatic rings. The molecule has 31 heavy (non-hydrogen) atoms. The second kappa shape index (κ2) is 10.3. The van der Waals surface area contributed by atoms with Gasteiger partial charge in [-0.1, -0.05) is 25.4 Å². The van der Waals surface area contributed by atoms with Crippen LogP contribution in [0.1, 0.15) is 45.2 Å². The minimum absolute atomic E-state index is 0.0139. The van der Waals surface area contributed by atoms with E-state index in [2.05, 4.69) is 5.32 Å². The standard InChI is InChI=1S/C23H28ClN3O3S/c1-15(2)14-19(25-21(28)17-5-7-18(24)8-6-17)22(29)26-10-12-27(13-11-26)23(30)20-9-4-16(3)31-20/h4-9,15,19H,10-14H2,1-3H3,(H,25,28). The van der Waals surface area contributed by atoms with Crippen LogP contribution in [0.15, 0.2) is 36.4 Å². The average Bonchev–Trinajstić information content (AvgIpc) is 3.18. The Labute approximate surface area is 192 Å². The summed E-state index contributed by atoms with van der Waals surface area (Å²) in [4.78, 5) is 43.9. The molecular formula is C23H28ClN3O3S. The third-order valence-corrected chi connectivity index (χ3v) is 6.49. The summed E-state index contributed by atoms with van der Waals surface area (Å²) in [5.41, 5.74) is 0.465. The zero-order valence-electron chi connectivity index (χ0n) is 18.1. The zero-order valence-corrected chi connectivity index (χ0v) is 19.6. The van der Waals surface area contributed by atoms with Crippen molar-refractivity contribution < 1.29 is 14.4 Å². The van der Waals surface area contributed by atoms with Gasteiger partial charge in [0.2, 0.25) is 5.91 Å². The maximum absolute atomic E-state index is 13.2. The zero-order chi connectivity index (χ0) is 22.5. The number of hydrogen-bond donors (Lipinski definition) is 1. The quantitative estimate of drug-likeness (QED) is 0.710. The summed E-state index contributed by atoms with van der Waals surface area (Å²) in [6.07, 6.45) is 0.547. The van der Waals surface area contributed by atoms with Crippen molar-refractivity contribution in [2.45, 2.75) is 33.2 Å². The van der Waals surface area contributed by atoms with Gasteiger partial charge in [0.15, 0.2) is 0 Å². The van der Waals surface area contributed by atoms with Crippen molar-refractivity contribution in [3.8, 4) is 0 Å². The number of rotatable bonds is 6. The van der Waals surface area contributed by atoms with E-state index >= 15 is 0 Å². The number of amides is 3. The van der Waals surface area contributed by atoms with E-state index in [-0.39, 0.29) is 23.6 Å². The highest BCUT2D eigenvalue weighted by atomic mass is 35.5. The third kappa shape index (κ3) is 6.08. The molecule has 8 heteroatoms. The van der Waals surface area contributed by atoms with E-state index in [1.807, 2.05) is 32.9 Å². The van der Waals surface area contributed by atoms with Crippen molar-refractivity contribution >= 4 is 40.7 Å². The molecule has 0 aliphatic carbocycles. The van der Waals surface area contributed by atoms with Crippen LogP contribution in [0.25, 0.3) is 0 Å². The molecule has 1 atom stereocenters. The Morgan fingerprint density at radius 1 is 1.00 bits per heavy atom. The lowest BCUT2D eigenvalue weighted by molar-refractivity contribution is -0.135. The van der Waals surface area contributed by atoms with Gasteiger partial charge in [-0.25, -0.2) is 0 Å². The van der Waals surface area contributed by atoms with E-state index in [4.69, 9.17) is 11.6 Å². The predicted octanol–water partition coefficient (Wildman–Crippen LogP) is 3.84. The molecule has 1 aromatic heterocycles. The summed E-state index contributed by atoms with van der Waals surface area (Å²) in [5, 5.41) is 3.44. The second-order valence-electron chi connectivity index (χ2n) is 8.19. The summed E-state index contributed by atoms with van der Waals surface area (Å²) >= 11 is 7.38. The number of nitrogens with zero attached hydrogens (tertiary/aromatic N) is 2. The fourth-order valence-corrected chi connectivity index (χ4v) is 4.55. The first-order valence-corrected chi connectivity index (χ1v) is 11.6. The lowest BCUT2D eigenvalue weighted by Gasteiger charge is -2.36. The van der Waals surface area contributed by atoms with E-state index in [1.165, 1.54) is 11.3 Å². The number of halogens is 1. The van der Waals surface area contributed by atoms with E-state index in [0.29, 0.717) is 43.2 Å². The van der Waals surface area contributed by atoms with Gasteiger partial charge in [0.25, 0.3) is 11.8 Å². The number of piperazine rings is 1. The molecule has 1 unspecified atom stereocenters. The Bertz CT molecular complexity index is 934. The van der Waals surface area contributed by atoms with Gasteiger partial charge in [0, 0.05) is 41.6 Å². The van der Waals surface area contributed by atoms with Crippen molar-refractivity contribution in [1.82, 2.24) is 15.1 Å². The van der Waals surface area contributed by atoms with Gasteiger partial charge in [-0.3, -0.25) is 14.4 Å². The number of carbonyl (C=O) groups excluding carboxylic acids is 3. The molecule has 166 valence electrons. The predicted molar refractivity (Wildman–Crippen MR) is 124 cm³/mol. The molecule has 1 fully saturated rings. The highest BCUT2D eigenvalue weighted by Crippen LogP contribution is 2.19. The molecule has 3 amide bonds. The summed E-state index contributed by atoms with van der Waals surface area (Å²) in [5.74, 6) is -0.142. The summed E-state index contributed by atoms with van der Waals surface area (Å²) in [6.45, 7) is 7.91. The highest BCUT2D eigenvalue weighted by molar-refractivity contribution is 7.13. The summed E-state index contributed by atoms with van der Waals surface area (Å²) in [7, 11) is 0. The minimum atomic E-state index is -0.606. The summed E-state index contributed by atoms with van der Waals surface area (Å²) in [6, 6.07) is 9.78. The van der Waals surface area contributed by atoms with Crippen LogP contribution in [0.4, 0.5) is 0 Å². The fraction of sp³-hybridized carbons (Fsp3) is 0.435. The molecule has 0 saturated carbocycles. The molecular weight excluding hydrogens is 434 g/mol. The van der Waals surface area contributed by atoms with Crippen LogP contribution in [-0.4, -0.2) is 59.7 Å². The second-order valence-corrected chi connectivity index (χ2v) is 9.91. The van der Waals surface area contributed by atoms with Crippen molar-refractivity contribution in [2.24, 2.45) is 5.92 Å². The Balaban J connectivity index is 1.62. The Morgan fingerprint density at radius 2 is 1.61 bits per heavy atom. The first kappa shape index (κ1) is 23.3. The lowest BCUT2D eigenvalue weighted by atomic mass is 10.0. The SMILES string of the molecule is Cc1ccc(C(=O)N2CCN(C(=O)C(CC(C)C)NC(=O)c3ccc(Cl)cc3)CC2)s1. The van der Waals surface area contributed by atoms with E-state index < -0.39 is 6.04 Å². The molecule has 1 saturated heterocycles. The molecule has 2 heterocycles. The normalized spacial score (nSPS) is 15.1.